The van der Waals surface area contributed by atoms with Crippen LogP contribution in [0.1, 0.15) is 73.4 Å². The van der Waals surface area contributed by atoms with Gasteiger partial charge in [-0.15, -0.1) is 0 Å². The molecule has 0 saturated carbocycles. The zero-order chi connectivity index (χ0) is 23.3. The van der Waals surface area contributed by atoms with Gasteiger partial charge < -0.3 is 20.5 Å². The van der Waals surface area contributed by atoms with Gasteiger partial charge in [-0.25, -0.2) is 4.98 Å². The fraction of sp³-hybridized carbons (Fsp3) is 0.520. The van der Waals surface area contributed by atoms with Gasteiger partial charge in [0, 0.05) is 49.7 Å². The number of amides is 1. The zero-order valence-corrected chi connectivity index (χ0v) is 20.9. The van der Waals surface area contributed by atoms with E-state index in [1.165, 1.54) is 16.9 Å². The molecule has 0 aliphatic carbocycles. The first kappa shape index (κ1) is 25.9. The molecule has 0 spiro atoms. The van der Waals surface area contributed by atoms with Gasteiger partial charge in [-0.2, -0.15) is 0 Å². The van der Waals surface area contributed by atoms with E-state index in [0.717, 1.165) is 68.3 Å². The third-order valence-electron chi connectivity index (χ3n) is 5.39. The first-order valence-electron chi connectivity index (χ1n) is 11.8. The van der Waals surface area contributed by atoms with Gasteiger partial charge >= 0.3 is 0 Å². The molecule has 32 heavy (non-hydrogen) atoms. The lowest BCUT2D eigenvalue weighted by Crippen LogP contribution is -2.43. The standard InChI is InChI=1S/C23H33N5OS.C2H6/c1-4-7-9-18(14-17-15-25-20(8-5-2)19(17)6-3)27-22(29)21-16-26-23(30-21)28-12-10-24-11-13-28;1-2/h5-6,8,15-16,18,24-25H,3-4,7,9-14H2,1-2H3,(H,27,29);1-2H3/b8-5-;. The van der Waals surface area contributed by atoms with Crippen molar-refractivity contribution >= 4 is 34.5 Å². The molecule has 7 heteroatoms. The van der Waals surface area contributed by atoms with Crippen LogP contribution in [0.4, 0.5) is 5.13 Å². The van der Waals surface area contributed by atoms with Gasteiger partial charge in [-0.05, 0) is 31.4 Å². The normalized spacial score (nSPS) is 14.7. The largest absolute Gasteiger partial charge is 0.361 e. The average Bonchev–Trinajstić information content (AvgIpc) is 3.47. The summed E-state index contributed by atoms with van der Waals surface area (Å²) in [5, 5.41) is 7.54. The monoisotopic (exact) mass is 457 g/mol. The lowest BCUT2D eigenvalue weighted by molar-refractivity contribution is 0.0938. The van der Waals surface area contributed by atoms with Crippen molar-refractivity contribution in [2.45, 2.75) is 59.4 Å². The first-order chi connectivity index (χ1) is 15.7. The fourth-order valence-electron chi connectivity index (χ4n) is 3.78. The summed E-state index contributed by atoms with van der Waals surface area (Å²) >= 11 is 1.48. The molecule has 3 rings (SSSR count). The van der Waals surface area contributed by atoms with E-state index in [9.17, 15) is 4.79 Å². The van der Waals surface area contributed by atoms with Crippen LogP contribution >= 0.6 is 11.3 Å². The van der Waals surface area contributed by atoms with Crippen molar-refractivity contribution in [3.63, 3.8) is 0 Å². The molecule has 1 aliphatic heterocycles. The van der Waals surface area contributed by atoms with Crippen molar-refractivity contribution in [1.29, 1.82) is 0 Å². The van der Waals surface area contributed by atoms with E-state index < -0.39 is 0 Å². The van der Waals surface area contributed by atoms with Crippen molar-refractivity contribution in [3.8, 4) is 0 Å². The Hall–Kier alpha value is -2.38. The Bertz CT molecular complexity index is 864. The number of H-pyrrole nitrogens is 1. The van der Waals surface area contributed by atoms with Crippen molar-refractivity contribution in [3.05, 3.63) is 46.7 Å². The number of nitrogens with one attached hydrogen (secondary N) is 3. The smallest absolute Gasteiger partial charge is 0.263 e. The number of hydrogen-bond acceptors (Lipinski definition) is 5. The van der Waals surface area contributed by atoms with Gasteiger partial charge in [0.2, 0.25) is 0 Å². The Labute approximate surface area is 197 Å². The van der Waals surface area contributed by atoms with Gasteiger partial charge in [0.1, 0.15) is 4.88 Å². The van der Waals surface area contributed by atoms with E-state index in [2.05, 4.69) is 45.1 Å². The molecule has 0 aromatic carbocycles. The second kappa shape index (κ2) is 13.9. The molecule has 1 fully saturated rings. The SMILES string of the molecule is C=Cc1c(CC(CCCC)NC(=O)c2cnc(N3CCNCC3)s2)c[nH]c1/C=C\C.CC. The molecule has 1 saturated heterocycles. The highest BCUT2D eigenvalue weighted by molar-refractivity contribution is 7.17. The number of piperazine rings is 1. The summed E-state index contributed by atoms with van der Waals surface area (Å²) < 4.78 is 0. The van der Waals surface area contributed by atoms with Gasteiger partial charge in [0.25, 0.3) is 5.91 Å². The van der Waals surface area contributed by atoms with Crippen molar-refractivity contribution < 1.29 is 4.79 Å². The van der Waals surface area contributed by atoms with Crippen molar-refractivity contribution in [2.75, 3.05) is 31.1 Å². The molecule has 0 bridgehead atoms. The molecule has 176 valence electrons. The average molecular weight is 458 g/mol. The number of carbonyl (C=O) groups excluding carboxylic acids is 1. The van der Waals surface area contributed by atoms with Crippen LogP contribution in [0.25, 0.3) is 12.2 Å². The third-order valence-corrected chi connectivity index (χ3v) is 6.44. The second-order valence-electron chi connectivity index (χ2n) is 7.61. The maximum Gasteiger partial charge on any atom is 0.263 e. The van der Waals surface area contributed by atoms with Gasteiger partial charge in [-0.1, -0.05) is 63.7 Å². The predicted octanol–water partition coefficient (Wildman–Crippen LogP) is 5.11. The first-order valence-corrected chi connectivity index (χ1v) is 12.7. The van der Waals surface area contributed by atoms with Crippen LogP contribution in [0.15, 0.2) is 25.0 Å². The van der Waals surface area contributed by atoms with E-state index >= 15 is 0 Å². The lowest BCUT2D eigenvalue weighted by atomic mass is 9.99. The minimum atomic E-state index is -0.0284. The number of anilines is 1. The molecule has 1 amide bonds. The summed E-state index contributed by atoms with van der Waals surface area (Å²) in [6.07, 6.45) is 13.6. The number of nitrogens with zero attached hydrogens (tertiary/aromatic N) is 2. The summed E-state index contributed by atoms with van der Waals surface area (Å²) in [4.78, 5) is 23.7. The van der Waals surface area contributed by atoms with E-state index in [0.29, 0.717) is 4.88 Å². The number of aromatic amines is 1. The molecule has 3 heterocycles. The topological polar surface area (TPSA) is 73.1 Å². The maximum atomic E-state index is 13.0. The Morgan fingerprint density at radius 2 is 2.12 bits per heavy atom. The Morgan fingerprint density at radius 3 is 2.78 bits per heavy atom. The van der Waals surface area contributed by atoms with E-state index in [4.69, 9.17) is 0 Å². The molecule has 1 unspecified atom stereocenters. The van der Waals surface area contributed by atoms with Crippen molar-refractivity contribution in [2.24, 2.45) is 0 Å². The summed E-state index contributed by atoms with van der Waals surface area (Å²) in [7, 11) is 0. The van der Waals surface area contributed by atoms with E-state index in [-0.39, 0.29) is 11.9 Å². The minimum absolute atomic E-state index is 0.0284. The lowest BCUT2D eigenvalue weighted by Gasteiger charge is -2.26. The van der Waals surface area contributed by atoms with Crippen LogP contribution in [-0.2, 0) is 6.42 Å². The van der Waals surface area contributed by atoms with Crippen LogP contribution in [0.2, 0.25) is 0 Å². The quantitative estimate of drug-likeness (QED) is 0.463. The number of hydrogen-bond donors (Lipinski definition) is 3. The Kier molecular flexibility index (Phi) is 11.2. The number of thiazole rings is 1. The van der Waals surface area contributed by atoms with Gasteiger partial charge in [0.05, 0.1) is 6.20 Å². The Morgan fingerprint density at radius 1 is 1.38 bits per heavy atom. The number of unbranched alkanes of at least 4 members (excludes halogenated alkanes) is 1. The molecule has 1 atom stereocenters. The maximum absolute atomic E-state index is 13.0. The molecule has 0 radical (unpaired) electrons. The predicted molar refractivity (Wildman–Crippen MR) is 139 cm³/mol. The highest BCUT2D eigenvalue weighted by Gasteiger charge is 2.20. The van der Waals surface area contributed by atoms with Crippen LogP contribution in [0, 0.1) is 0 Å². The highest BCUT2D eigenvalue weighted by Crippen LogP contribution is 2.24. The van der Waals surface area contributed by atoms with Crippen molar-refractivity contribution in [1.82, 2.24) is 20.6 Å². The van der Waals surface area contributed by atoms with Gasteiger partial charge in [0.15, 0.2) is 5.13 Å². The number of aromatic nitrogens is 2. The fourth-order valence-corrected chi connectivity index (χ4v) is 4.65. The van der Waals surface area contributed by atoms with E-state index in [1.807, 2.05) is 39.1 Å². The van der Waals surface area contributed by atoms with Crippen LogP contribution < -0.4 is 15.5 Å². The summed E-state index contributed by atoms with van der Waals surface area (Å²) in [6.45, 7) is 15.9. The second-order valence-corrected chi connectivity index (χ2v) is 8.62. The number of carbonyl (C=O) groups is 1. The summed E-state index contributed by atoms with van der Waals surface area (Å²) in [5.74, 6) is -0.0284. The molecule has 2 aromatic heterocycles. The summed E-state index contributed by atoms with van der Waals surface area (Å²) in [5.41, 5.74) is 3.36. The van der Waals surface area contributed by atoms with Crippen LogP contribution in [-0.4, -0.2) is 48.1 Å². The van der Waals surface area contributed by atoms with Crippen LogP contribution in [0.3, 0.4) is 0 Å². The molecule has 3 N–H and O–H groups in total. The minimum Gasteiger partial charge on any atom is -0.361 e. The zero-order valence-electron chi connectivity index (χ0n) is 20.0. The number of rotatable bonds is 10. The summed E-state index contributed by atoms with van der Waals surface area (Å²) in [6, 6.07) is 0.0788. The molecule has 6 nitrogen and oxygen atoms in total. The third kappa shape index (κ3) is 7.07. The molecule has 1 aliphatic rings. The van der Waals surface area contributed by atoms with Crippen LogP contribution in [0.5, 0.6) is 0 Å². The van der Waals surface area contributed by atoms with E-state index in [1.54, 1.807) is 6.20 Å². The molecular weight excluding hydrogens is 418 g/mol. The molecule has 2 aromatic rings. The molecular formula is C25H39N5OS. The Balaban J connectivity index is 0.00000176. The number of allylic oxidation sites excluding steroid dienone is 1. The highest BCUT2D eigenvalue weighted by atomic mass is 32.1. The van der Waals surface area contributed by atoms with Gasteiger partial charge in [-0.3, -0.25) is 4.79 Å².